The first-order chi connectivity index (χ1) is 7.06. The van der Waals surface area contributed by atoms with E-state index in [1.165, 1.54) is 0 Å². The first-order valence-electron chi connectivity index (χ1n) is 4.62. The molecule has 0 bridgehead atoms. The predicted octanol–water partition coefficient (Wildman–Crippen LogP) is 1.13. The molecule has 0 aliphatic rings. The van der Waals surface area contributed by atoms with Crippen LogP contribution in [0.25, 0.3) is 0 Å². The number of aliphatic carboxylic acids is 1. The van der Waals surface area contributed by atoms with Gasteiger partial charge < -0.3 is 14.8 Å². The second kappa shape index (κ2) is 4.63. The number of aromatic nitrogens is 1. The van der Waals surface area contributed by atoms with Crippen LogP contribution in [0.3, 0.4) is 0 Å². The third-order valence-corrected chi connectivity index (χ3v) is 1.97. The molecule has 0 fully saturated rings. The van der Waals surface area contributed by atoms with Crippen LogP contribution in [0, 0.1) is 6.92 Å². The van der Waals surface area contributed by atoms with Gasteiger partial charge in [0.1, 0.15) is 0 Å². The van der Waals surface area contributed by atoms with Gasteiger partial charge in [0.15, 0.2) is 0 Å². The molecule has 1 rings (SSSR count). The fourth-order valence-electron chi connectivity index (χ4n) is 1.36. The molecule has 5 heteroatoms. The number of carboxylic acid groups (broad SMARTS) is 1. The zero-order chi connectivity index (χ0) is 11.4. The van der Waals surface area contributed by atoms with Gasteiger partial charge in [0.25, 0.3) is 0 Å². The average Bonchev–Trinajstić information content (AvgIpc) is 2.46. The van der Waals surface area contributed by atoms with Gasteiger partial charge in [-0.15, -0.1) is 0 Å². The molecule has 0 saturated carbocycles. The van der Waals surface area contributed by atoms with Crippen molar-refractivity contribution in [2.24, 2.45) is 0 Å². The Balaban J connectivity index is 2.98. The minimum absolute atomic E-state index is 0.206. The number of carbonyl (C=O) groups excluding carboxylic acids is 1. The molecule has 1 heterocycles. The standard InChI is InChI=1S/C10H13NO4/c1-3-15-10(14)9-6(2)5-11-7(9)4-8(12)13/h5,11H,3-4H2,1-2H3,(H,12,13). The van der Waals surface area contributed by atoms with Crippen LogP contribution in [0.1, 0.15) is 28.5 Å². The predicted molar refractivity (Wildman–Crippen MR) is 52.8 cm³/mol. The summed E-state index contributed by atoms with van der Waals surface area (Å²) < 4.78 is 4.84. The number of hydrogen-bond acceptors (Lipinski definition) is 3. The molecule has 5 nitrogen and oxygen atoms in total. The molecule has 0 aliphatic carbocycles. The summed E-state index contributed by atoms with van der Waals surface area (Å²) in [6.45, 7) is 3.71. The van der Waals surface area contributed by atoms with Gasteiger partial charge in [0.2, 0.25) is 0 Å². The lowest BCUT2D eigenvalue weighted by Gasteiger charge is -2.03. The van der Waals surface area contributed by atoms with Crippen LogP contribution >= 0.6 is 0 Å². The first kappa shape index (κ1) is 11.3. The van der Waals surface area contributed by atoms with Crippen LogP contribution in [-0.4, -0.2) is 28.6 Å². The Labute approximate surface area is 87.1 Å². The van der Waals surface area contributed by atoms with E-state index in [2.05, 4.69) is 4.98 Å². The highest BCUT2D eigenvalue weighted by molar-refractivity contribution is 5.93. The molecule has 0 aromatic carbocycles. The van der Waals surface area contributed by atoms with Crippen molar-refractivity contribution in [2.75, 3.05) is 6.61 Å². The van der Waals surface area contributed by atoms with E-state index in [-0.39, 0.29) is 13.0 Å². The molecule has 0 saturated heterocycles. The quantitative estimate of drug-likeness (QED) is 0.731. The number of carbonyl (C=O) groups is 2. The number of aryl methyl sites for hydroxylation is 1. The molecule has 2 N–H and O–H groups in total. The summed E-state index contributed by atoms with van der Waals surface area (Å²) in [4.78, 5) is 24.8. The number of carboxylic acids is 1. The molecular weight excluding hydrogens is 198 g/mol. The molecule has 1 aromatic rings. The van der Waals surface area contributed by atoms with Gasteiger partial charge in [0.05, 0.1) is 18.6 Å². The van der Waals surface area contributed by atoms with Crippen molar-refractivity contribution >= 4 is 11.9 Å². The van der Waals surface area contributed by atoms with Crippen LogP contribution in [0.15, 0.2) is 6.20 Å². The Morgan fingerprint density at radius 1 is 1.53 bits per heavy atom. The Bertz CT molecular complexity index is 381. The Morgan fingerprint density at radius 3 is 2.73 bits per heavy atom. The number of rotatable bonds is 4. The highest BCUT2D eigenvalue weighted by Gasteiger charge is 2.18. The molecule has 0 atom stereocenters. The molecule has 15 heavy (non-hydrogen) atoms. The van der Waals surface area contributed by atoms with E-state index in [1.807, 2.05) is 0 Å². The van der Waals surface area contributed by atoms with Crippen molar-refractivity contribution in [1.82, 2.24) is 4.98 Å². The number of H-pyrrole nitrogens is 1. The van der Waals surface area contributed by atoms with Gasteiger partial charge in [-0.05, 0) is 19.4 Å². The Kier molecular flexibility index (Phi) is 3.49. The number of hydrogen-bond donors (Lipinski definition) is 2. The van der Waals surface area contributed by atoms with Crippen LogP contribution in [0.2, 0.25) is 0 Å². The zero-order valence-electron chi connectivity index (χ0n) is 8.66. The highest BCUT2D eigenvalue weighted by Crippen LogP contribution is 2.15. The lowest BCUT2D eigenvalue weighted by Crippen LogP contribution is -2.11. The van der Waals surface area contributed by atoms with E-state index < -0.39 is 11.9 Å². The fourth-order valence-corrected chi connectivity index (χ4v) is 1.36. The molecular formula is C10H13NO4. The van der Waals surface area contributed by atoms with Crippen molar-refractivity contribution < 1.29 is 19.4 Å². The maximum Gasteiger partial charge on any atom is 0.340 e. The van der Waals surface area contributed by atoms with E-state index in [1.54, 1.807) is 20.0 Å². The second-order valence-electron chi connectivity index (χ2n) is 3.12. The molecule has 0 amide bonds. The van der Waals surface area contributed by atoms with Gasteiger partial charge in [-0.1, -0.05) is 0 Å². The van der Waals surface area contributed by atoms with Crippen molar-refractivity contribution in [3.63, 3.8) is 0 Å². The van der Waals surface area contributed by atoms with Crippen LogP contribution < -0.4 is 0 Å². The van der Waals surface area contributed by atoms with Crippen molar-refractivity contribution in [2.45, 2.75) is 20.3 Å². The lowest BCUT2D eigenvalue weighted by atomic mass is 10.1. The van der Waals surface area contributed by atoms with Crippen LogP contribution in [0.5, 0.6) is 0 Å². The minimum Gasteiger partial charge on any atom is -0.481 e. The third kappa shape index (κ3) is 2.59. The van der Waals surface area contributed by atoms with E-state index in [4.69, 9.17) is 9.84 Å². The smallest absolute Gasteiger partial charge is 0.340 e. The third-order valence-electron chi connectivity index (χ3n) is 1.97. The monoisotopic (exact) mass is 211 g/mol. The van der Waals surface area contributed by atoms with Gasteiger partial charge >= 0.3 is 11.9 Å². The summed E-state index contributed by atoms with van der Waals surface area (Å²) in [5.74, 6) is -1.46. The summed E-state index contributed by atoms with van der Waals surface area (Å²) in [6, 6.07) is 0. The molecule has 0 spiro atoms. The first-order valence-corrected chi connectivity index (χ1v) is 4.62. The highest BCUT2D eigenvalue weighted by atomic mass is 16.5. The Hall–Kier alpha value is -1.78. The number of ether oxygens (including phenoxy) is 1. The maximum absolute atomic E-state index is 11.5. The van der Waals surface area contributed by atoms with Gasteiger partial charge in [0, 0.05) is 11.9 Å². The van der Waals surface area contributed by atoms with Crippen LogP contribution in [-0.2, 0) is 16.0 Å². The van der Waals surface area contributed by atoms with E-state index >= 15 is 0 Å². The molecule has 1 aromatic heterocycles. The van der Waals surface area contributed by atoms with Crippen molar-refractivity contribution in [3.8, 4) is 0 Å². The molecule has 0 radical (unpaired) electrons. The SMILES string of the molecule is CCOC(=O)c1c(C)c[nH]c1CC(=O)O. The van der Waals surface area contributed by atoms with Crippen molar-refractivity contribution in [3.05, 3.63) is 23.0 Å². The molecule has 82 valence electrons. The maximum atomic E-state index is 11.5. The molecule has 0 aliphatic heterocycles. The van der Waals surface area contributed by atoms with Gasteiger partial charge in [-0.2, -0.15) is 0 Å². The lowest BCUT2D eigenvalue weighted by molar-refractivity contribution is -0.136. The number of esters is 1. The molecule has 0 unspecified atom stereocenters. The zero-order valence-corrected chi connectivity index (χ0v) is 8.66. The van der Waals surface area contributed by atoms with E-state index in [0.717, 1.165) is 0 Å². The normalized spacial score (nSPS) is 10.0. The van der Waals surface area contributed by atoms with Gasteiger partial charge in [-0.25, -0.2) is 4.79 Å². The average molecular weight is 211 g/mol. The van der Waals surface area contributed by atoms with E-state index in [0.29, 0.717) is 16.8 Å². The van der Waals surface area contributed by atoms with Gasteiger partial charge in [-0.3, -0.25) is 4.79 Å². The summed E-state index contributed by atoms with van der Waals surface area (Å²) >= 11 is 0. The summed E-state index contributed by atoms with van der Waals surface area (Å²) in [5.41, 5.74) is 1.42. The second-order valence-corrected chi connectivity index (χ2v) is 3.12. The van der Waals surface area contributed by atoms with Crippen LogP contribution in [0.4, 0.5) is 0 Å². The van der Waals surface area contributed by atoms with Crippen molar-refractivity contribution in [1.29, 1.82) is 0 Å². The Morgan fingerprint density at radius 2 is 2.20 bits per heavy atom. The fraction of sp³-hybridized carbons (Fsp3) is 0.400. The largest absolute Gasteiger partial charge is 0.481 e. The summed E-state index contributed by atoms with van der Waals surface area (Å²) in [5, 5.41) is 8.64. The topological polar surface area (TPSA) is 79.4 Å². The van der Waals surface area contributed by atoms with E-state index in [9.17, 15) is 9.59 Å². The summed E-state index contributed by atoms with van der Waals surface area (Å²) in [7, 11) is 0. The minimum atomic E-state index is -0.984. The number of aromatic amines is 1. The summed E-state index contributed by atoms with van der Waals surface area (Å²) in [6.07, 6.45) is 1.40. The number of nitrogens with one attached hydrogen (secondary N) is 1.